The minimum atomic E-state index is -0.986. The first kappa shape index (κ1) is 28.2. The molecule has 43 heavy (non-hydrogen) atoms. The minimum Gasteiger partial charge on any atom is -0.381 e. The Balaban J connectivity index is 0.000000211. The molecule has 5 N–H and O–H groups in total. The van der Waals surface area contributed by atoms with Crippen molar-refractivity contribution in [2.75, 3.05) is 25.4 Å². The molecular formula is C33H33N7O3. The number of aromatic nitrogens is 4. The summed E-state index contributed by atoms with van der Waals surface area (Å²) in [5.74, 6) is 6.07. The molecule has 0 spiro atoms. The number of para-hydroxylation sites is 1. The second kappa shape index (κ2) is 11.4. The topological polar surface area (TPSA) is 145 Å². The first-order chi connectivity index (χ1) is 20.8. The van der Waals surface area contributed by atoms with Crippen LogP contribution >= 0.6 is 0 Å². The third-order valence-corrected chi connectivity index (χ3v) is 8.31. The number of hydrogen-bond acceptors (Lipinski definition) is 7. The van der Waals surface area contributed by atoms with E-state index in [-0.39, 0.29) is 22.9 Å². The van der Waals surface area contributed by atoms with Crippen molar-refractivity contribution in [1.29, 1.82) is 0 Å². The van der Waals surface area contributed by atoms with Gasteiger partial charge in [-0.05, 0) is 68.1 Å². The van der Waals surface area contributed by atoms with E-state index in [9.17, 15) is 14.7 Å². The van der Waals surface area contributed by atoms with Gasteiger partial charge in [0.05, 0.1) is 5.39 Å². The van der Waals surface area contributed by atoms with Gasteiger partial charge in [-0.3, -0.25) is 19.1 Å². The van der Waals surface area contributed by atoms with E-state index in [0.29, 0.717) is 23.1 Å². The number of anilines is 1. The number of nitrogen functional groups attached to an aromatic ring is 1. The second-order valence-electron chi connectivity index (χ2n) is 11.0. The molecule has 1 amide bonds. The number of carbonyl (C=O) groups excluding carboxylic acids is 1. The number of nitrogens with zero attached hydrogens (tertiary/aromatic N) is 5. The number of fused-ring (bicyclic) bond motifs is 5. The second-order valence-corrected chi connectivity index (χ2v) is 11.0. The molecule has 1 atom stereocenters. The molecule has 3 saturated heterocycles. The summed E-state index contributed by atoms with van der Waals surface area (Å²) >= 11 is 0. The lowest BCUT2D eigenvalue weighted by atomic mass is 9.75. The van der Waals surface area contributed by atoms with Crippen molar-refractivity contribution < 1.29 is 9.90 Å². The van der Waals surface area contributed by atoms with Gasteiger partial charge < -0.3 is 16.6 Å². The van der Waals surface area contributed by atoms with Crippen LogP contribution in [0.1, 0.15) is 41.4 Å². The highest BCUT2D eigenvalue weighted by Crippen LogP contribution is 2.35. The van der Waals surface area contributed by atoms with Crippen LogP contribution in [0.5, 0.6) is 0 Å². The number of rotatable bonds is 3. The molecule has 2 bridgehead atoms. The summed E-state index contributed by atoms with van der Waals surface area (Å²) in [6.07, 6.45) is 5.92. The number of carbonyl (C=O) groups is 1. The average Bonchev–Trinajstić information content (AvgIpc) is 3.37. The number of piperidine rings is 3. The fourth-order valence-corrected chi connectivity index (χ4v) is 6.14. The molecule has 3 fully saturated rings. The van der Waals surface area contributed by atoms with Crippen LogP contribution in [0, 0.1) is 17.8 Å². The normalized spacial score (nSPS) is 20.7. The predicted molar refractivity (Wildman–Crippen MR) is 166 cm³/mol. The molecule has 218 valence electrons. The largest absolute Gasteiger partial charge is 0.381 e. The monoisotopic (exact) mass is 575 g/mol. The maximum atomic E-state index is 13.6. The number of nitrogens with two attached hydrogens (primary N) is 2. The lowest BCUT2D eigenvalue weighted by molar-refractivity contribution is -0.0713. The maximum Gasteiger partial charge on any atom is 0.264 e. The molecule has 10 heteroatoms. The molecule has 6 heterocycles. The predicted octanol–water partition coefficient (Wildman–Crippen LogP) is 2.77. The molecule has 0 radical (unpaired) electrons. The fraction of sp³-hybridized carbons (Fsp3) is 0.273. The number of pyridine rings is 1. The van der Waals surface area contributed by atoms with E-state index in [1.54, 1.807) is 23.0 Å². The Morgan fingerprint density at radius 3 is 2.56 bits per heavy atom. The smallest absolute Gasteiger partial charge is 0.264 e. The van der Waals surface area contributed by atoms with Gasteiger partial charge in [0.25, 0.3) is 11.5 Å². The van der Waals surface area contributed by atoms with Gasteiger partial charge in [-0.1, -0.05) is 49.1 Å². The van der Waals surface area contributed by atoms with E-state index in [2.05, 4.69) is 39.8 Å². The third kappa shape index (κ3) is 5.25. The zero-order valence-electron chi connectivity index (χ0n) is 23.9. The number of hydrogen-bond donors (Lipinski definition) is 3. The Morgan fingerprint density at radius 2 is 1.88 bits per heavy atom. The molecule has 1 unspecified atom stereocenters. The van der Waals surface area contributed by atoms with E-state index in [1.807, 2.05) is 48.5 Å². The number of primary amides is 1. The molecule has 0 aliphatic carbocycles. The van der Waals surface area contributed by atoms with E-state index in [0.717, 1.165) is 49.1 Å². The summed E-state index contributed by atoms with van der Waals surface area (Å²) in [5, 5.41) is 16.6. The van der Waals surface area contributed by atoms with Crippen LogP contribution in [0.2, 0.25) is 0 Å². The summed E-state index contributed by atoms with van der Waals surface area (Å²) in [6.45, 7) is 4.76. The van der Waals surface area contributed by atoms with Crippen LogP contribution < -0.4 is 17.0 Å². The van der Waals surface area contributed by atoms with Gasteiger partial charge >= 0.3 is 0 Å². The van der Waals surface area contributed by atoms with Gasteiger partial charge in [-0.15, -0.1) is 5.10 Å². The zero-order chi connectivity index (χ0) is 30.1. The number of aliphatic hydroxyl groups is 1. The van der Waals surface area contributed by atoms with Crippen LogP contribution in [0.25, 0.3) is 22.1 Å². The van der Waals surface area contributed by atoms with Crippen LogP contribution in [-0.2, 0) is 6.42 Å². The van der Waals surface area contributed by atoms with E-state index < -0.39 is 11.5 Å². The number of amides is 1. The lowest BCUT2D eigenvalue weighted by Crippen LogP contribution is -2.58. The maximum absolute atomic E-state index is 13.6. The van der Waals surface area contributed by atoms with Crippen LogP contribution in [0.4, 0.5) is 5.82 Å². The highest BCUT2D eigenvalue weighted by molar-refractivity contribution is 6.03. The highest BCUT2D eigenvalue weighted by Gasteiger charge is 2.44. The Morgan fingerprint density at radius 1 is 1.12 bits per heavy atom. The van der Waals surface area contributed by atoms with Crippen molar-refractivity contribution in [1.82, 2.24) is 24.1 Å². The summed E-state index contributed by atoms with van der Waals surface area (Å²) in [4.78, 5) is 30.8. The molecular weight excluding hydrogens is 542 g/mol. The van der Waals surface area contributed by atoms with E-state index in [1.165, 1.54) is 4.52 Å². The number of aryl methyl sites for hydroxylation is 1. The molecule has 2 aromatic carbocycles. The Hall–Kier alpha value is -4.98. The van der Waals surface area contributed by atoms with Crippen LogP contribution in [0.15, 0.2) is 77.9 Å². The van der Waals surface area contributed by atoms with Gasteiger partial charge in [0, 0.05) is 41.8 Å². The quantitative estimate of drug-likeness (QED) is 0.281. The Kier molecular flexibility index (Phi) is 7.44. The van der Waals surface area contributed by atoms with Gasteiger partial charge in [0.2, 0.25) is 0 Å². The molecule has 0 saturated carbocycles. The third-order valence-electron chi connectivity index (χ3n) is 8.31. The SMILES string of the molecule is CCc1cc2cccc(C#CC3(O)CN4CCC3CC4)c2c(=O)n1-c1ccccc1.NC(=O)c1c(N)nn2cccnc12. The molecule has 8 rings (SSSR count). The lowest BCUT2D eigenvalue weighted by Gasteiger charge is -2.47. The standard InChI is InChI=1S/C26H26N2O2.C7H7N5O/c1-2-22-17-20-8-6-7-19(11-14-26(30)18-27-15-12-21(26)13-16-27)24(20)25(29)28(22)23-9-4-3-5-10-23;8-5-4(6(9)13)7-10-2-1-3-12(7)11-5/h3-10,17,21,30H,2,12-13,15-16,18H2,1H3;1-3H,(H2,8,11)(H2,9,13). The fourth-order valence-electron chi connectivity index (χ4n) is 6.14. The zero-order valence-corrected chi connectivity index (χ0v) is 23.9. The van der Waals surface area contributed by atoms with Gasteiger partial charge in [-0.25, -0.2) is 9.50 Å². The first-order valence-electron chi connectivity index (χ1n) is 14.4. The highest BCUT2D eigenvalue weighted by atomic mass is 16.3. The molecule has 3 aromatic heterocycles. The summed E-state index contributed by atoms with van der Waals surface area (Å²) < 4.78 is 3.20. The molecule has 5 aromatic rings. The van der Waals surface area contributed by atoms with Crippen molar-refractivity contribution in [2.45, 2.75) is 31.8 Å². The average molecular weight is 576 g/mol. The van der Waals surface area contributed by atoms with Crippen molar-refractivity contribution >= 4 is 28.1 Å². The van der Waals surface area contributed by atoms with Crippen LogP contribution in [0.3, 0.4) is 0 Å². The Bertz CT molecular complexity index is 1950. The van der Waals surface area contributed by atoms with Crippen molar-refractivity contribution in [2.24, 2.45) is 11.7 Å². The van der Waals surface area contributed by atoms with E-state index in [4.69, 9.17) is 11.5 Å². The van der Waals surface area contributed by atoms with Crippen molar-refractivity contribution in [3.05, 3.63) is 100 Å². The molecule has 10 nitrogen and oxygen atoms in total. The van der Waals surface area contributed by atoms with Crippen molar-refractivity contribution in [3.8, 4) is 17.5 Å². The first-order valence-corrected chi connectivity index (χ1v) is 14.4. The van der Waals surface area contributed by atoms with Gasteiger partial charge in [0.1, 0.15) is 11.2 Å². The Labute approximate surface area is 248 Å². The van der Waals surface area contributed by atoms with Crippen molar-refractivity contribution in [3.63, 3.8) is 0 Å². The summed E-state index contributed by atoms with van der Waals surface area (Å²) in [6, 6.07) is 19.3. The summed E-state index contributed by atoms with van der Waals surface area (Å²) in [5.41, 5.74) is 12.6. The van der Waals surface area contributed by atoms with Crippen LogP contribution in [-0.4, -0.2) is 60.3 Å². The summed E-state index contributed by atoms with van der Waals surface area (Å²) in [7, 11) is 0. The van der Waals surface area contributed by atoms with E-state index >= 15 is 0 Å². The van der Waals surface area contributed by atoms with Gasteiger partial charge in [0.15, 0.2) is 11.5 Å². The molecule has 3 aliphatic heterocycles. The molecule has 3 aliphatic rings. The van der Waals surface area contributed by atoms with Gasteiger partial charge in [-0.2, -0.15) is 0 Å². The minimum absolute atomic E-state index is 0.0543. The number of benzene rings is 2.